The number of nitrogens with zero attached hydrogens (tertiary/aromatic N) is 3. The Morgan fingerprint density at radius 3 is 2.75 bits per heavy atom. The van der Waals surface area contributed by atoms with E-state index in [0.29, 0.717) is 18.8 Å². The quantitative estimate of drug-likeness (QED) is 0.830. The van der Waals surface area contributed by atoms with Gasteiger partial charge in [-0.1, -0.05) is 0 Å². The van der Waals surface area contributed by atoms with Gasteiger partial charge in [0.2, 0.25) is 0 Å². The molecule has 6 heteroatoms. The van der Waals surface area contributed by atoms with Crippen molar-refractivity contribution in [2.24, 2.45) is 7.05 Å². The number of aromatic nitrogens is 3. The summed E-state index contributed by atoms with van der Waals surface area (Å²) in [6.45, 7) is 5.95. The minimum absolute atomic E-state index is 0.413. The van der Waals surface area contributed by atoms with E-state index in [1.54, 1.807) is 18.1 Å². The number of alkyl carbamates (subject to hydrolysis) is 1. The molecular weight excluding hydrogens is 208 g/mol. The predicted molar refractivity (Wildman–Crippen MR) is 58.9 cm³/mol. The second-order valence-corrected chi connectivity index (χ2v) is 4.51. The zero-order chi connectivity index (χ0) is 12.2. The van der Waals surface area contributed by atoms with Gasteiger partial charge in [-0.2, -0.15) is 5.10 Å². The number of carbonyl (C=O) groups is 1. The molecule has 1 N–H and O–H groups in total. The summed E-state index contributed by atoms with van der Waals surface area (Å²) < 4.78 is 6.71. The molecule has 1 amide bonds. The standard InChI is InChI=1S/C10H18N4O2/c1-10(2,3)16-9(15)11-6-5-8-12-7-14(4)13-8/h7H,5-6H2,1-4H3,(H,11,15). The van der Waals surface area contributed by atoms with E-state index in [0.717, 1.165) is 0 Å². The van der Waals surface area contributed by atoms with E-state index in [-0.39, 0.29) is 0 Å². The Morgan fingerprint density at radius 2 is 2.25 bits per heavy atom. The molecule has 0 aliphatic rings. The maximum Gasteiger partial charge on any atom is 0.407 e. The maximum atomic E-state index is 11.3. The summed E-state index contributed by atoms with van der Waals surface area (Å²) in [7, 11) is 1.80. The van der Waals surface area contributed by atoms with Crippen molar-refractivity contribution in [1.82, 2.24) is 20.1 Å². The Morgan fingerprint density at radius 1 is 1.56 bits per heavy atom. The van der Waals surface area contributed by atoms with E-state index in [4.69, 9.17) is 4.74 Å². The molecule has 0 saturated carbocycles. The lowest BCUT2D eigenvalue weighted by atomic mass is 10.2. The highest BCUT2D eigenvalue weighted by molar-refractivity contribution is 5.67. The monoisotopic (exact) mass is 226 g/mol. The molecule has 0 unspecified atom stereocenters. The number of ether oxygens (including phenoxy) is 1. The molecule has 0 bridgehead atoms. The van der Waals surface area contributed by atoms with Crippen molar-refractivity contribution in [2.75, 3.05) is 6.54 Å². The summed E-state index contributed by atoms with van der Waals surface area (Å²) in [5, 5.41) is 6.74. The molecule has 1 aromatic rings. The van der Waals surface area contributed by atoms with Crippen LogP contribution in [-0.4, -0.2) is 33.0 Å². The lowest BCUT2D eigenvalue weighted by Gasteiger charge is -2.19. The summed E-state index contributed by atoms with van der Waals surface area (Å²) >= 11 is 0. The van der Waals surface area contributed by atoms with Crippen molar-refractivity contribution in [2.45, 2.75) is 32.8 Å². The fourth-order valence-corrected chi connectivity index (χ4v) is 1.09. The summed E-state index contributed by atoms with van der Waals surface area (Å²) in [4.78, 5) is 15.3. The fraction of sp³-hybridized carbons (Fsp3) is 0.700. The number of aryl methyl sites for hydroxylation is 1. The number of amides is 1. The molecule has 16 heavy (non-hydrogen) atoms. The molecule has 6 nitrogen and oxygen atoms in total. The topological polar surface area (TPSA) is 69.0 Å². The van der Waals surface area contributed by atoms with Gasteiger partial charge < -0.3 is 10.1 Å². The van der Waals surface area contributed by atoms with E-state index in [1.807, 2.05) is 20.8 Å². The first-order valence-corrected chi connectivity index (χ1v) is 5.18. The minimum Gasteiger partial charge on any atom is -0.444 e. The van der Waals surface area contributed by atoms with Gasteiger partial charge in [0.1, 0.15) is 11.9 Å². The molecule has 1 aromatic heterocycles. The predicted octanol–water partition coefficient (Wildman–Crippen LogP) is 0.882. The summed E-state index contributed by atoms with van der Waals surface area (Å²) in [6, 6.07) is 0. The summed E-state index contributed by atoms with van der Waals surface area (Å²) in [5.41, 5.74) is -0.465. The van der Waals surface area contributed by atoms with Gasteiger partial charge in [0.05, 0.1) is 0 Å². The highest BCUT2D eigenvalue weighted by atomic mass is 16.6. The van der Waals surface area contributed by atoms with Gasteiger partial charge in [-0.25, -0.2) is 9.78 Å². The van der Waals surface area contributed by atoms with Crippen LogP contribution >= 0.6 is 0 Å². The van der Waals surface area contributed by atoms with E-state index >= 15 is 0 Å². The number of nitrogens with one attached hydrogen (secondary N) is 1. The van der Waals surface area contributed by atoms with Crippen LogP contribution in [0, 0.1) is 0 Å². The van der Waals surface area contributed by atoms with E-state index in [1.165, 1.54) is 0 Å². The Balaban J connectivity index is 2.23. The number of hydrogen-bond acceptors (Lipinski definition) is 4. The molecule has 1 rings (SSSR count). The highest BCUT2D eigenvalue weighted by Gasteiger charge is 2.15. The average Bonchev–Trinajstić information content (AvgIpc) is 2.48. The molecule has 0 aliphatic carbocycles. The number of carbonyl (C=O) groups excluding carboxylic acids is 1. The van der Waals surface area contributed by atoms with Crippen molar-refractivity contribution in [3.8, 4) is 0 Å². The van der Waals surface area contributed by atoms with Gasteiger partial charge in [-0.3, -0.25) is 4.68 Å². The Kier molecular flexibility index (Phi) is 3.87. The first-order chi connectivity index (χ1) is 7.37. The Hall–Kier alpha value is -1.59. The number of rotatable bonds is 3. The van der Waals surface area contributed by atoms with Gasteiger partial charge in [-0.15, -0.1) is 0 Å². The zero-order valence-corrected chi connectivity index (χ0v) is 10.1. The van der Waals surface area contributed by atoms with E-state index in [2.05, 4.69) is 15.4 Å². The molecule has 0 atom stereocenters. The first-order valence-electron chi connectivity index (χ1n) is 5.18. The Labute approximate surface area is 95.0 Å². The third-order valence-electron chi connectivity index (χ3n) is 1.66. The van der Waals surface area contributed by atoms with Crippen LogP contribution in [0.3, 0.4) is 0 Å². The first kappa shape index (κ1) is 12.5. The second kappa shape index (κ2) is 4.96. The van der Waals surface area contributed by atoms with E-state index < -0.39 is 11.7 Å². The minimum atomic E-state index is -0.465. The van der Waals surface area contributed by atoms with Crippen LogP contribution in [0.1, 0.15) is 26.6 Å². The van der Waals surface area contributed by atoms with Gasteiger partial charge >= 0.3 is 6.09 Å². The zero-order valence-electron chi connectivity index (χ0n) is 10.1. The third-order valence-corrected chi connectivity index (χ3v) is 1.66. The third kappa shape index (κ3) is 4.77. The van der Waals surface area contributed by atoms with Crippen LogP contribution in [0.5, 0.6) is 0 Å². The maximum absolute atomic E-state index is 11.3. The molecule has 0 fully saturated rings. The van der Waals surface area contributed by atoms with Crippen molar-refractivity contribution >= 4 is 6.09 Å². The smallest absolute Gasteiger partial charge is 0.407 e. The van der Waals surface area contributed by atoms with Crippen LogP contribution < -0.4 is 5.32 Å². The summed E-state index contributed by atoms with van der Waals surface area (Å²) in [6.07, 6.45) is 1.81. The van der Waals surface area contributed by atoms with Crippen LogP contribution in [0.25, 0.3) is 0 Å². The fourth-order valence-electron chi connectivity index (χ4n) is 1.09. The number of hydrogen-bond donors (Lipinski definition) is 1. The molecule has 1 heterocycles. The van der Waals surface area contributed by atoms with Crippen LogP contribution in [-0.2, 0) is 18.2 Å². The Bertz CT molecular complexity index is 354. The molecule has 90 valence electrons. The van der Waals surface area contributed by atoms with Gasteiger partial charge in [0.15, 0.2) is 5.82 Å². The van der Waals surface area contributed by atoms with Gasteiger partial charge in [0.25, 0.3) is 0 Å². The highest BCUT2D eigenvalue weighted by Crippen LogP contribution is 2.06. The SMILES string of the molecule is Cn1cnc(CCNC(=O)OC(C)(C)C)n1. The molecular formula is C10H18N4O2. The van der Waals surface area contributed by atoms with Crippen molar-refractivity contribution in [3.05, 3.63) is 12.2 Å². The second-order valence-electron chi connectivity index (χ2n) is 4.51. The lowest BCUT2D eigenvalue weighted by molar-refractivity contribution is 0.0528. The molecule has 0 aliphatic heterocycles. The van der Waals surface area contributed by atoms with Gasteiger partial charge in [0, 0.05) is 20.0 Å². The average molecular weight is 226 g/mol. The van der Waals surface area contributed by atoms with Crippen molar-refractivity contribution in [1.29, 1.82) is 0 Å². The molecule has 0 radical (unpaired) electrons. The van der Waals surface area contributed by atoms with Crippen LogP contribution in [0.4, 0.5) is 4.79 Å². The molecule has 0 saturated heterocycles. The summed E-state index contributed by atoms with van der Waals surface area (Å²) in [5.74, 6) is 0.707. The van der Waals surface area contributed by atoms with Crippen LogP contribution in [0.2, 0.25) is 0 Å². The van der Waals surface area contributed by atoms with Gasteiger partial charge in [-0.05, 0) is 20.8 Å². The van der Waals surface area contributed by atoms with Crippen molar-refractivity contribution in [3.63, 3.8) is 0 Å². The van der Waals surface area contributed by atoms with Crippen molar-refractivity contribution < 1.29 is 9.53 Å². The molecule has 0 aromatic carbocycles. The van der Waals surface area contributed by atoms with E-state index in [9.17, 15) is 4.79 Å². The largest absolute Gasteiger partial charge is 0.444 e. The normalized spacial score (nSPS) is 11.2. The molecule has 0 spiro atoms. The lowest BCUT2D eigenvalue weighted by Crippen LogP contribution is -2.33. The van der Waals surface area contributed by atoms with Crippen LogP contribution in [0.15, 0.2) is 6.33 Å².